The van der Waals surface area contributed by atoms with E-state index in [2.05, 4.69) is 4.72 Å². The van der Waals surface area contributed by atoms with Gasteiger partial charge in [0.2, 0.25) is 10.0 Å². The van der Waals surface area contributed by atoms with Crippen molar-refractivity contribution >= 4 is 10.0 Å². The van der Waals surface area contributed by atoms with Crippen molar-refractivity contribution in [3.05, 3.63) is 35.6 Å². The van der Waals surface area contributed by atoms with Crippen LogP contribution in [0.1, 0.15) is 37.7 Å². The molecule has 0 radical (unpaired) electrons. The van der Waals surface area contributed by atoms with E-state index in [0.717, 1.165) is 25.7 Å². The number of ether oxygens (including phenoxy) is 2. The number of benzene rings is 1. The molecule has 1 atom stereocenters. The molecule has 5 nitrogen and oxygen atoms in total. The predicted octanol–water partition coefficient (Wildman–Crippen LogP) is 2.32. The first-order valence-electron chi connectivity index (χ1n) is 8.00. The van der Waals surface area contributed by atoms with Crippen LogP contribution in [0, 0.1) is 5.82 Å². The Kier molecular flexibility index (Phi) is 5.01. The van der Waals surface area contributed by atoms with Gasteiger partial charge in [0.25, 0.3) is 0 Å². The maximum Gasteiger partial charge on any atom is 0.215 e. The topological polar surface area (TPSA) is 64.6 Å². The Hall–Kier alpha value is -1.02. The van der Waals surface area contributed by atoms with Crippen molar-refractivity contribution in [3.63, 3.8) is 0 Å². The van der Waals surface area contributed by atoms with Crippen molar-refractivity contribution in [2.75, 3.05) is 13.2 Å². The molecule has 2 aliphatic rings. The van der Waals surface area contributed by atoms with E-state index in [1.807, 2.05) is 0 Å². The molecule has 128 valence electrons. The molecule has 7 heteroatoms. The molecule has 1 aliphatic carbocycles. The highest BCUT2D eigenvalue weighted by Gasteiger charge is 2.42. The lowest BCUT2D eigenvalue weighted by atomic mass is 9.94. The van der Waals surface area contributed by atoms with Gasteiger partial charge < -0.3 is 9.47 Å². The second-order valence-corrected chi connectivity index (χ2v) is 8.07. The normalized spacial score (nSPS) is 24.1. The Morgan fingerprint density at radius 2 is 2.04 bits per heavy atom. The van der Waals surface area contributed by atoms with Gasteiger partial charge in [0, 0.05) is 19.4 Å². The molecule has 3 rings (SSSR count). The molecule has 1 saturated carbocycles. The van der Waals surface area contributed by atoms with Gasteiger partial charge in [0.1, 0.15) is 5.82 Å². The molecule has 1 N–H and O–H groups in total. The molecule has 1 spiro atoms. The fourth-order valence-corrected chi connectivity index (χ4v) is 4.35. The molecular formula is C16H22FNO4S. The molecule has 2 fully saturated rings. The minimum absolute atomic E-state index is 0.180. The molecule has 1 saturated heterocycles. The average molecular weight is 343 g/mol. The third-order valence-electron chi connectivity index (χ3n) is 4.31. The molecule has 0 amide bonds. The number of sulfonamides is 1. The molecule has 1 heterocycles. The Labute approximate surface area is 136 Å². The minimum Gasteiger partial charge on any atom is -0.347 e. The van der Waals surface area contributed by atoms with Gasteiger partial charge in [0.05, 0.1) is 18.5 Å². The lowest BCUT2D eigenvalue weighted by Gasteiger charge is -2.31. The highest BCUT2D eigenvalue weighted by atomic mass is 32.2. The second-order valence-electron chi connectivity index (χ2n) is 6.26. The first-order valence-corrected chi connectivity index (χ1v) is 9.65. The molecule has 0 bridgehead atoms. The van der Waals surface area contributed by atoms with E-state index < -0.39 is 21.6 Å². The average Bonchev–Trinajstić information content (AvgIpc) is 2.88. The monoisotopic (exact) mass is 343 g/mol. The van der Waals surface area contributed by atoms with Gasteiger partial charge in [-0.05, 0) is 30.5 Å². The van der Waals surface area contributed by atoms with Crippen molar-refractivity contribution in [1.29, 1.82) is 0 Å². The molecule has 1 unspecified atom stereocenters. The number of hydrogen-bond donors (Lipinski definition) is 1. The summed E-state index contributed by atoms with van der Waals surface area (Å²) in [7, 11) is -3.53. The lowest BCUT2D eigenvalue weighted by Crippen LogP contribution is -2.37. The molecular weight excluding hydrogens is 321 g/mol. The van der Waals surface area contributed by atoms with E-state index in [1.165, 1.54) is 24.6 Å². The van der Waals surface area contributed by atoms with Crippen LogP contribution in [0.15, 0.2) is 24.3 Å². The Balaban J connectivity index is 1.51. The summed E-state index contributed by atoms with van der Waals surface area (Å²) in [6, 6.07) is 5.61. The van der Waals surface area contributed by atoms with Gasteiger partial charge in [-0.15, -0.1) is 0 Å². The van der Waals surface area contributed by atoms with Gasteiger partial charge in [-0.1, -0.05) is 18.6 Å². The van der Waals surface area contributed by atoms with Crippen LogP contribution in [-0.2, 0) is 25.2 Å². The van der Waals surface area contributed by atoms with Gasteiger partial charge in [-0.3, -0.25) is 0 Å². The fourth-order valence-electron chi connectivity index (χ4n) is 3.19. The zero-order valence-corrected chi connectivity index (χ0v) is 13.8. The van der Waals surface area contributed by atoms with Crippen molar-refractivity contribution in [2.24, 2.45) is 0 Å². The fraction of sp³-hybridized carbons (Fsp3) is 0.625. The molecule has 1 aromatic carbocycles. The van der Waals surface area contributed by atoms with Crippen LogP contribution in [0.2, 0.25) is 0 Å². The van der Waals surface area contributed by atoms with Crippen LogP contribution < -0.4 is 4.72 Å². The van der Waals surface area contributed by atoms with E-state index in [1.54, 1.807) is 6.07 Å². The highest BCUT2D eigenvalue weighted by Crippen LogP contribution is 2.37. The first kappa shape index (κ1) is 16.8. The third kappa shape index (κ3) is 4.50. The summed E-state index contributed by atoms with van der Waals surface area (Å²) in [5.41, 5.74) is 0.421. The molecule has 1 aliphatic heterocycles. The van der Waals surface area contributed by atoms with Crippen LogP contribution in [0.5, 0.6) is 0 Å². The van der Waals surface area contributed by atoms with E-state index in [9.17, 15) is 12.8 Å². The van der Waals surface area contributed by atoms with Gasteiger partial charge in [-0.2, -0.15) is 0 Å². The predicted molar refractivity (Wildman–Crippen MR) is 83.7 cm³/mol. The van der Waals surface area contributed by atoms with E-state index in [-0.39, 0.29) is 18.4 Å². The maximum absolute atomic E-state index is 13.1. The molecule has 23 heavy (non-hydrogen) atoms. The van der Waals surface area contributed by atoms with Crippen LogP contribution in [-0.4, -0.2) is 33.5 Å². The van der Waals surface area contributed by atoms with Crippen LogP contribution in [0.3, 0.4) is 0 Å². The summed E-state index contributed by atoms with van der Waals surface area (Å²) in [6.45, 7) is 0.585. The number of halogens is 1. The minimum atomic E-state index is -3.53. The van der Waals surface area contributed by atoms with Crippen molar-refractivity contribution in [2.45, 2.75) is 49.7 Å². The molecule has 0 aromatic heterocycles. The Bertz CT molecular complexity index is 643. The van der Waals surface area contributed by atoms with E-state index >= 15 is 0 Å². The van der Waals surface area contributed by atoms with Crippen LogP contribution >= 0.6 is 0 Å². The summed E-state index contributed by atoms with van der Waals surface area (Å²) < 4.78 is 51.6. The van der Waals surface area contributed by atoms with Crippen LogP contribution in [0.4, 0.5) is 4.39 Å². The lowest BCUT2D eigenvalue weighted by molar-refractivity contribution is -0.186. The Morgan fingerprint density at radius 1 is 1.26 bits per heavy atom. The third-order valence-corrected chi connectivity index (χ3v) is 5.63. The summed E-state index contributed by atoms with van der Waals surface area (Å²) >= 11 is 0. The Morgan fingerprint density at radius 3 is 2.78 bits per heavy atom. The standard InChI is InChI=1S/C16H22FNO4S/c17-14-6-4-5-13(9-14)12-23(19,20)18-10-15-11-21-16(22-15)7-2-1-3-8-16/h4-6,9,15,18H,1-3,7-8,10-12H2. The van der Waals surface area contributed by atoms with Crippen molar-refractivity contribution in [3.8, 4) is 0 Å². The summed E-state index contributed by atoms with van der Waals surface area (Å²) in [6.07, 6.45) is 4.84. The molecule has 1 aromatic rings. The van der Waals surface area contributed by atoms with E-state index in [4.69, 9.17) is 9.47 Å². The summed E-state index contributed by atoms with van der Waals surface area (Å²) in [4.78, 5) is 0. The SMILES string of the molecule is O=S(=O)(Cc1cccc(F)c1)NCC1COC2(CCCCC2)O1. The van der Waals surface area contributed by atoms with Crippen LogP contribution in [0.25, 0.3) is 0 Å². The van der Waals surface area contributed by atoms with Gasteiger partial charge in [-0.25, -0.2) is 17.5 Å². The number of nitrogens with one attached hydrogen (secondary N) is 1. The maximum atomic E-state index is 13.1. The van der Waals surface area contributed by atoms with Gasteiger partial charge in [0.15, 0.2) is 5.79 Å². The largest absolute Gasteiger partial charge is 0.347 e. The van der Waals surface area contributed by atoms with Crippen molar-refractivity contribution in [1.82, 2.24) is 4.72 Å². The smallest absolute Gasteiger partial charge is 0.215 e. The summed E-state index contributed by atoms with van der Waals surface area (Å²) in [5.74, 6) is -1.19. The second kappa shape index (κ2) is 6.84. The number of rotatable bonds is 5. The van der Waals surface area contributed by atoms with E-state index in [0.29, 0.717) is 12.2 Å². The van der Waals surface area contributed by atoms with Gasteiger partial charge >= 0.3 is 0 Å². The number of hydrogen-bond acceptors (Lipinski definition) is 4. The summed E-state index contributed by atoms with van der Waals surface area (Å²) in [5, 5.41) is 0. The first-order chi connectivity index (χ1) is 11.0. The highest BCUT2D eigenvalue weighted by molar-refractivity contribution is 7.88. The quantitative estimate of drug-likeness (QED) is 0.891. The van der Waals surface area contributed by atoms with Crippen molar-refractivity contribution < 1.29 is 22.3 Å². The zero-order valence-electron chi connectivity index (χ0n) is 13.0. The zero-order chi connectivity index (χ0) is 16.3.